The monoisotopic (exact) mass is 350 g/mol. The molecule has 0 rings (SSSR count). The van der Waals surface area contributed by atoms with Gasteiger partial charge < -0.3 is 19.6 Å². The van der Waals surface area contributed by atoms with Gasteiger partial charge in [0, 0.05) is 5.57 Å². The fourth-order valence-electron chi connectivity index (χ4n) is 2.14. The van der Waals surface area contributed by atoms with Crippen molar-refractivity contribution in [2.24, 2.45) is 5.92 Å². The first kappa shape index (κ1) is 21.8. The molecule has 0 aliphatic rings. The van der Waals surface area contributed by atoms with Crippen LogP contribution in [-0.2, 0) is 18.9 Å². The third kappa shape index (κ3) is 10.3. The van der Waals surface area contributed by atoms with Gasteiger partial charge in [-0.15, -0.1) is 0 Å². The lowest BCUT2D eigenvalue weighted by molar-refractivity contribution is -0.155. The Bertz CT molecular complexity index is 455. The predicted molar refractivity (Wildman–Crippen MR) is 86.1 cm³/mol. The molecular formula is C15H27O7P. The molecule has 0 spiro atoms. The van der Waals surface area contributed by atoms with E-state index in [1.807, 2.05) is 0 Å². The standard InChI is InChI=1S/C15H27O7P/c1-4-5-6-7-8-9-13(22-15(18)11(2)3)12(14(16)17)10-23(19,20)21/h12-13H,2,4-10H2,1,3H3,(H,16,17)(H2,19,20,21). The molecule has 0 heterocycles. The number of hydrogen-bond acceptors (Lipinski definition) is 4. The van der Waals surface area contributed by atoms with Crippen LogP contribution < -0.4 is 0 Å². The predicted octanol–water partition coefficient (Wildman–Crippen LogP) is 2.71. The summed E-state index contributed by atoms with van der Waals surface area (Å²) in [5, 5.41) is 9.24. The molecule has 0 saturated carbocycles. The molecule has 0 aliphatic heterocycles. The Morgan fingerprint density at radius 1 is 1.17 bits per heavy atom. The lowest BCUT2D eigenvalue weighted by atomic mass is 9.98. The van der Waals surface area contributed by atoms with Crippen molar-refractivity contribution >= 4 is 19.5 Å². The number of unbranched alkanes of at least 4 members (excludes halogenated alkanes) is 4. The lowest BCUT2D eigenvalue weighted by Gasteiger charge is -2.24. The minimum Gasteiger partial charge on any atom is -0.481 e. The highest BCUT2D eigenvalue weighted by atomic mass is 31.2. The van der Waals surface area contributed by atoms with Gasteiger partial charge in [0.05, 0.1) is 6.16 Å². The van der Waals surface area contributed by atoms with E-state index in [2.05, 4.69) is 13.5 Å². The topological polar surface area (TPSA) is 121 Å². The van der Waals surface area contributed by atoms with Crippen molar-refractivity contribution in [3.63, 3.8) is 0 Å². The van der Waals surface area contributed by atoms with Gasteiger partial charge in [-0.1, -0.05) is 39.2 Å². The molecule has 7 nitrogen and oxygen atoms in total. The van der Waals surface area contributed by atoms with E-state index >= 15 is 0 Å². The highest BCUT2D eigenvalue weighted by molar-refractivity contribution is 7.51. The Kier molecular flexibility index (Phi) is 10.0. The van der Waals surface area contributed by atoms with E-state index in [-0.39, 0.29) is 12.0 Å². The van der Waals surface area contributed by atoms with Gasteiger partial charge in [-0.25, -0.2) is 4.79 Å². The number of carbonyl (C=O) groups is 2. The largest absolute Gasteiger partial charge is 0.481 e. The van der Waals surface area contributed by atoms with Crippen LogP contribution in [0.5, 0.6) is 0 Å². The number of carboxylic acids is 1. The summed E-state index contributed by atoms with van der Waals surface area (Å²) < 4.78 is 16.3. The average molecular weight is 350 g/mol. The number of aliphatic carboxylic acids is 1. The van der Waals surface area contributed by atoms with E-state index in [0.717, 1.165) is 25.7 Å². The van der Waals surface area contributed by atoms with Crippen LogP contribution in [0, 0.1) is 5.92 Å². The van der Waals surface area contributed by atoms with Gasteiger partial charge >= 0.3 is 19.5 Å². The summed E-state index contributed by atoms with van der Waals surface area (Å²) >= 11 is 0. The van der Waals surface area contributed by atoms with Crippen molar-refractivity contribution in [1.29, 1.82) is 0 Å². The zero-order valence-corrected chi connectivity index (χ0v) is 14.6. The van der Waals surface area contributed by atoms with E-state index in [1.165, 1.54) is 6.92 Å². The van der Waals surface area contributed by atoms with E-state index < -0.39 is 37.7 Å². The molecule has 0 saturated heterocycles. The fourth-order valence-corrected chi connectivity index (χ4v) is 3.04. The minimum atomic E-state index is -4.54. The summed E-state index contributed by atoms with van der Waals surface area (Å²) in [6.45, 7) is 6.93. The molecule has 0 aromatic heterocycles. The van der Waals surface area contributed by atoms with Gasteiger partial charge in [0.1, 0.15) is 12.0 Å². The second-order valence-corrected chi connectivity index (χ2v) is 7.41. The summed E-state index contributed by atoms with van der Waals surface area (Å²) in [5.41, 5.74) is 0.112. The molecule has 2 unspecified atom stereocenters. The van der Waals surface area contributed by atoms with Crippen molar-refractivity contribution in [2.45, 2.75) is 58.5 Å². The quantitative estimate of drug-likeness (QED) is 0.214. The smallest absolute Gasteiger partial charge is 0.333 e. The molecule has 2 atom stereocenters. The summed E-state index contributed by atoms with van der Waals surface area (Å²) in [7, 11) is -4.54. The molecule has 134 valence electrons. The Morgan fingerprint density at radius 2 is 1.74 bits per heavy atom. The van der Waals surface area contributed by atoms with Gasteiger partial charge in [0.25, 0.3) is 0 Å². The number of esters is 1. The number of ether oxygens (including phenoxy) is 1. The molecule has 0 aromatic carbocycles. The summed E-state index contributed by atoms with van der Waals surface area (Å²) in [4.78, 5) is 41.1. The average Bonchev–Trinajstić information content (AvgIpc) is 2.41. The van der Waals surface area contributed by atoms with Crippen molar-refractivity contribution < 1.29 is 33.8 Å². The third-order valence-corrected chi connectivity index (χ3v) is 4.27. The van der Waals surface area contributed by atoms with E-state index in [9.17, 15) is 19.3 Å². The Labute approximate surface area is 136 Å². The van der Waals surface area contributed by atoms with Crippen LogP contribution in [0.1, 0.15) is 52.4 Å². The molecule has 0 aromatic rings. The van der Waals surface area contributed by atoms with E-state index in [1.54, 1.807) is 0 Å². The van der Waals surface area contributed by atoms with Crippen LogP contribution >= 0.6 is 7.60 Å². The van der Waals surface area contributed by atoms with Crippen molar-refractivity contribution in [2.75, 3.05) is 6.16 Å². The highest BCUT2D eigenvalue weighted by Gasteiger charge is 2.36. The zero-order valence-electron chi connectivity index (χ0n) is 13.7. The highest BCUT2D eigenvalue weighted by Crippen LogP contribution is 2.39. The first-order chi connectivity index (χ1) is 10.6. The van der Waals surface area contributed by atoms with Crippen LogP contribution in [0.25, 0.3) is 0 Å². The summed E-state index contributed by atoms with van der Waals surface area (Å²) in [5.74, 6) is -3.58. The molecule has 0 amide bonds. The number of carbonyl (C=O) groups excluding carboxylic acids is 1. The van der Waals surface area contributed by atoms with Crippen LogP contribution in [0.3, 0.4) is 0 Å². The maximum atomic E-state index is 11.7. The van der Waals surface area contributed by atoms with Gasteiger partial charge in [0.15, 0.2) is 0 Å². The third-order valence-electron chi connectivity index (χ3n) is 3.40. The minimum absolute atomic E-state index is 0.112. The maximum Gasteiger partial charge on any atom is 0.333 e. The van der Waals surface area contributed by atoms with Crippen LogP contribution in [-0.4, -0.2) is 39.1 Å². The van der Waals surface area contributed by atoms with Gasteiger partial charge in [-0.2, -0.15) is 0 Å². The maximum absolute atomic E-state index is 11.7. The molecule has 0 radical (unpaired) electrons. The molecule has 0 aliphatic carbocycles. The first-order valence-corrected chi connectivity index (χ1v) is 9.52. The molecule has 3 N–H and O–H groups in total. The number of hydrogen-bond donors (Lipinski definition) is 3. The van der Waals surface area contributed by atoms with E-state index in [0.29, 0.717) is 6.42 Å². The summed E-state index contributed by atoms with van der Waals surface area (Å²) in [6.07, 6.45) is 2.88. The lowest BCUT2D eigenvalue weighted by Crippen LogP contribution is -2.35. The second kappa shape index (κ2) is 10.6. The van der Waals surface area contributed by atoms with Crippen LogP contribution in [0.4, 0.5) is 0 Å². The van der Waals surface area contributed by atoms with Crippen LogP contribution in [0.15, 0.2) is 12.2 Å². The van der Waals surface area contributed by atoms with Crippen molar-refractivity contribution in [1.82, 2.24) is 0 Å². The zero-order chi connectivity index (χ0) is 18.0. The molecular weight excluding hydrogens is 323 g/mol. The number of carboxylic acid groups (broad SMARTS) is 1. The first-order valence-electron chi connectivity index (χ1n) is 7.72. The number of rotatable bonds is 12. The Balaban J connectivity index is 4.96. The Hall–Kier alpha value is -1.17. The molecule has 23 heavy (non-hydrogen) atoms. The fraction of sp³-hybridized carbons (Fsp3) is 0.733. The van der Waals surface area contributed by atoms with Gasteiger partial charge in [-0.05, 0) is 19.8 Å². The van der Waals surface area contributed by atoms with Crippen LogP contribution in [0.2, 0.25) is 0 Å². The van der Waals surface area contributed by atoms with Crippen molar-refractivity contribution in [3.05, 3.63) is 12.2 Å². The van der Waals surface area contributed by atoms with E-state index in [4.69, 9.17) is 14.5 Å². The summed E-state index contributed by atoms with van der Waals surface area (Å²) in [6, 6.07) is 0. The van der Waals surface area contributed by atoms with Crippen molar-refractivity contribution in [3.8, 4) is 0 Å². The molecule has 0 fully saturated rings. The van der Waals surface area contributed by atoms with Gasteiger partial charge in [-0.3, -0.25) is 9.36 Å². The van der Waals surface area contributed by atoms with Gasteiger partial charge in [0.2, 0.25) is 0 Å². The second-order valence-electron chi connectivity index (χ2n) is 5.72. The Morgan fingerprint density at radius 3 is 2.17 bits per heavy atom. The normalized spacial score (nSPS) is 14.1. The molecule has 8 heteroatoms. The molecule has 0 bridgehead atoms. The SMILES string of the molecule is C=C(C)C(=O)OC(CCCCCCC)C(CP(=O)(O)O)C(=O)O.